The minimum absolute atomic E-state index is 0.133. The van der Waals surface area contributed by atoms with Crippen molar-refractivity contribution in [2.24, 2.45) is 0 Å². The van der Waals surface area contributed by atoms with Gasteiger partial charge in [0.1, 0.15) is 14.3 Å². The molecule has 0 aromatic carbocycles. The summed E-state index contributed by atoms with van der Waals surface area (Å²) < 4.78 is 0. The summed E-state index contributed by atoms with van der Waals surface area (Å²) in [5.74, 6) is 0. The molecule has 0 rings (SSSR count). The van der Waals surface area contributed by atoms with Crippen LogP contribution in [-0.2, 0) is 0 Å². The van der Waals surface area contributed by atoms with E-state index in [1.165, 1.54) is 0 Å². The first-order chi connectivity index (χ1) is 24.3. The highest BCUT2D eigenvalue weighted by Gasteiger charge is 2.81. The molecule has 0 fully saturated rings. The molecule has 0 aliphatic heterocycles. The van der Waals surface area contributed by atoms with Crippen LogP contribution in [0.1, 0.15) is 249 Å². The van der Waals surface area contributed by atoms with E-state index in [9.17, 15) is 22.2 Å². The lowest BCUT2D eigenvalue weighted by atomic mass is 10.2. The monoisotopic (exact) mass is 979 g/mol. The van der Waals surface area contributed by atoms with Crippen molar-refractivity contribution in [3.8, 4) is 0 Å². The van der Waals surface area contributed by atoms with Gasteiger partial charge in [-0.05, 0) is 60.5 Å². The molecule has 0 aromatic heterocycles. The minimum atomic E-state index is -2.49. The minimum Gasteiger partial charge on any atom is -0.176 e. The van der Waals surface area contributed by atoms with E-state index < -0.39 is 59.3 Å². The fourth-order valence-electron chi connectivity index (χ4n) is 19.4. The molecule has 4 radical (unpaired) electrons. The van der Waals surface area contributed by atoms with E-state index in [1.54, 1.807) is 0 Å². The molecule has 0 bridgehead atoms. The van der Waals surface area contributed by atoms with E-state index in [2.05, 4.69) is 249 Å². The molecular formula is C48H108Cl2Si8. The van der Waals surface area contributed by atoms with Crippen molar-refractivity contribution >= 4 is 81.5 Å². The van der Waals surface area contributed by atoms with Crippen molar-refractivity contribution in [1.82, 2.24) is 0 Å². The van der Waals surface area contributed by atoms with Crippen LogP contribution < -0.4 is 0 Å². The van der Waals surface area contributed by atoms with Gasteiger partial charge in [0.05, 0.1) is 30.4 Å². The van der Waals surface area contributed by atoms with Gasteiger partial charge in [0, 0.05) is 14.7 Å². The first-order valence-electron chi connectivity index (χ1n) is 23.1. The second kappa shape index (κ2) is 16.6. The molecule has 0 aliphatic carbocycles. The first-order valence-corrected chi connectivity index (χ1v) is 46.2. The van der Waals surface area contributed by atoms with Crippen LogP contribution in [0, 0.1) is 0 Å². The first kappa shape index (κ1) is 60.3. The third-order valence-electron chi connectivity index (χ3n) is 15.6. The van der Waals surface area contributed by atoms with Crippen molar-refractivity contribution < 1.29 is 0 Å². The predicted molar refractivity (Wildman–Crippen MR) is 294 cm³/mol. The highest BCUT2D eigenvalue weighted by molar-refractivity contribution is 8.09. The second-order valence-electron chi connectivity index (χ2n) is 31.4. The predicted octanol–water partition coefficient (Wildman–Crippen LogP) is 19.4. The van der Waals surface area contributed by atoms with E-state index in [1.807, 2.05) is 0 Å². The number of hydrogen-bond donors (Lipinski definition) is 0. The SMILES string of the molecule is CC(C)(C)[Si]([Si]([Si](Cl)[Si](Cl)[Si]([Si](C(C)(C)C)(C(C)(C)C)C(C)(C)C)[Si](C(C)(C)C)(C(C)(C)C)C(C)(C)C)[Si](C(C)(C)C)(C(C)(C)C)C(C)(C)C)(C(C)(C)C)C(C)(C)C. The molecule has 0 heterocycles. The van der Waals surface area contributed by atoms with Gasteiger partial charge in [-0.15, -0.1) is 0 Å². The average Bonchev–Trinajstić information content (AvgIpc) is 2.76. The van der Waals surface area contributed by atoms with Gasteiger partial charge in [0.15, 0.2) is 0 Å². The molecule has 0 atom stereocenters. The van der Waals surface area contributed by atoms with E-state index >= 15 is 0 Å². The Morgan fingerprint density at radius 3 is 0.310 bits per heavy atom. The van der Waals surface area contributed by atoms with Crippen molar-refractivity contribution in [1.29, 1.82) is 0 Å². The van der Waals surface area contributed by atoms with Gasteiger partial charge in [0.2, 0.25) is 0 Å². The number of halogens is 2. The molecule has 0 N–H and O–H groups in total. The van der Waals surface area contributed by atoms with Crippen LogP contribution in [0.4, 0.5) is 0 Å². The van der Waals surface area contributed by atoms with Gasteiger partial charge in [-0.3, -0.25) is 0 Å². The second-order valence-corrected chi connectivity index (χ2v) is 100. The lowest BCUT2D eigenvalue weighted by Crippen LogP contribution is -2.92. The van der Waals surface area contributed by atoms with Crippen LogP contribution in [-0.4, -0.2) is 59.3 Å². The van der Waals surface area contributed by atoms with Crippen LogP contribution in [0.25, 0.3) is 0 Å². The van der Waals surface area contributed by atoms with Crippen LogP contribution in [0.5, 0.6) is 0 Å². The quantitative estimate of drug-likeness (QED) is 0.176. The molecular weight excluding hydrogens is 872 g/mol. The van der Waals surface area contributed by atoms with Crippen LogP contribution in [0.3, 0.4) is 0 Å². The Bertz CT molecular complexity index is 1030. The molecule has 0 saturated carbocycles. The molecule has 10 heteroatoms. The lowest BCUT2D eigenvalue weighted by Gasteiger charge is -2.75. The Morgan fingerprint density at radius 2 is 0.259 bits per heavy atom. The maximum Gasteiger partial charge on any atom is 0.149 e. The number of rotatable bonds is 7. The molecule has 0 spiro atoms. The summed E-state index contributed by atoms with van der Waals surface area (Å²) in [6.07, 6.45) is 0. The van der Waals surface area contributed by atoms with E-state index in [4.69, 9.17) is 0 Å². The Hall–Kier alpha value is 2.32. The summed E-state index contributed by atoms with van der Waals surface area (Å²) in [5.41, 5.74) is 0. The zero-order valence-electron chi connectivity index (χ0n) is 46.8. The summed E-state index contributed by atoms with van der Waals surface area (Å²) in [6.45, 7) is 97.1. The van der Waals surface area contributed by atoms with Gasteiger partial charge in [-0.2, -0.15) is 22.2 Å². The average molecular weight is 981 g/mol. The third kappa shape index (κ3) is 8.95. The van der Waals surface area contributed by atoms with Gasteiger partial charge in [0.25, 0.3) is 0 Å². The molecule has 0 unspecified atom stereocenters. The van der Waals surface area contributed by atoms with E-state index in [0.717, 1.165) is 0 Å². The normalized spacial score (nSPS) is 17.1. The van der Waals surface area contributed by atoms with Crippen LogP contribution in [0.15, 0.2) is 0 Å². The Labute approximate surface area is 388 Å². The van der Waals surface area contributed by atoms with Crippen molar-refractivity contribution in [3.05, 3.63) is 0 Å². The molecule has 346 valence electrons. The van der Waals surface area contributed by atoms with Crippen molar-refractivity contribution in [2.45, 2.75) is 310 Å². The summed E-state index contributed by atoms with van der Waals surface area (Å²) in [4.78, 5) is 0. The Kier molecular flexibility index (Phi) is 17.2. The standard InChI is InChI=1S/C48H108Cl2Si8/c1-37(2,3)55(38(4,5)6,39(7,8)9)53(56(40(10,11)12,41(13,14)15)42(16,17)18)51(49)52(50)54(57(43(19,20)21,44(22,23)24)45(25,26)27)58(46(28,29)30,47(31,32)33)48(34,35)36/h1-36H3. The largest absolute Gasteiger partial charge is 0.176 e. The summed E-state index contributed by atoms with van der Waals surface area (Å²) in [6, 6.07) is 0. The molecule has 0 aliphatic rings. The zero-order valence-corrected chi connectivity index (χ0v) is 56.3. The fraction of sp³-hybridized carbons (Fsp3) is 1.00. The van der Waals surface area contributed by atoms with Gasteiger partial charge >= 0.3 is 0 Å². The van der Waals surface area contributed by atoms with Crippen molar-refractivity contribution in [2.75, 3.05) is 0 Å². The van der Waals surface area contributed by atoms with E-state index in [-0.39, 0.29) is 60.5 Å². The summed E-state index contributed by atoms with van der Waals surface area (Å²) in [5, 5.41) is 1.59. The molecule has 0 saturated heterocycles. The van der Waals surface area contributed by atoms with Gasteiger partial charge < -0.3 is 0 Å². The van der Waals surface area contributed by atoms with Gasteiger partial charge in [-0.25, -0.2) is 0 Å². The number of hydrogen-bond acceptors (Lipinski definition) is 0. The molecule has 0 aromatic rings. The Morgan fingerprint density at radius 1 is 0.190 bits per heavy atom. The highest BCUT2D eigenvalue weighted by Crippen LogP contribution is 2.75. The smallest absolute Gasteiger partial charge is 0.149 e. The zero-order chi connectivity index (χ0) is 48.3. The Balaban J connectivity index is 10.8. The van der Waals surface area contributed by atoms with Crippen molar-refractivity contribution in [3.63, 3.8) is 0 Å². The fourth-order valence-corrected chi connectivity index (χ4v) is 284. The van der Waals surface area contributed by atoms with Gasteiger partial charge in [-0.1, -0.05) is 249 Å². The van der Waals surface area contributed by atoms with E-state index in [0.29, 0.717) is 0 Å². The maximum absolute atomic E-state index is 9.51. The molecule has 0 amide bonds. The molecule has 0 nitrogen and oxygen atoms in total. The topological polar surface area (TPSA) is 0 Å². The summed E-state index contributed by atoms with van der Waals surface area (Å²) >= 11 is 19.0. The molecule has 58 heavy (non-hydrogen) atoms. The highest BCUT2D eigenvalue weighted by atomic mass is 35.6. The van der Waals surface area contributed by atoms with Crippen LogP contribution >= 0.6 is 22.2 Å². The van der Waals surface area contributed by atoms with Crippen LogP contribution in [0.2, 0.25) is 60.5 Å². The lowest BCUT2D eigenvalue weighted by molar-refractivity contribution is 0.542. The third-order valence-corrected chi connectivity index (χ3v) is 159. The maximum atomic E-state index is 9.51. The summed E-state index contributed by atoms with van der Waals surface area (Å²) in [7, 11) is -16.0.